The van der Waals surface area contributed by atoms with E-state index < -0.39 is 0 Å². The van der Waals surface area contributed by atoms with Crippen molar-refractivity contribution in [2.45, 2.75) is 25.0 Å². The maximum Gasteiger partial charge on any atom is 0.410 e. The fraction of sp³-hybridized carbons (Fsp3) is 0.632. The average molecular weight is 374 g/mol. The molecule has 2 amide bonds. The first kappa shape index (κ1) is 18.0. The molecule has 3 fully saturated rings. The van der Waals surface area contributed by atoms with Crippen LogP contribution in [0, 0.1) is 11.8 Å². The van der Waals surface area contributed by atoms with Gasteiger partial charge in [0.1, 0.15) is 19.0 Å². The third-order valence-electron chi connectivity index (χ3n) is 5.94. The number of pyridine rings is 1. The number of likely N-dealkylation sites (tertiary alicyclic amines) is 1. The van der Waals surface area contributed by atoms with Crippen LogP contribution in [0.5, 0.6) is 0 Å². The van der Waals surface area contributed by atoms with Crippen molar-refractivity contribution in [1.82, 2.24) is 14.8 Å². The summed E-state index contributed by atoms with van der Waals surface area (Å²) in [5.41, 5.74) is 0. The van der Waals surface area contributed by atoms with Crippen molar-refractivity contribution in [3.05, 3.63) is 24.4 Å². The second-order valence-corrected chi connectivity index (χ2v) is 7.57. The van der Waals surface area contributed by atoms with E-state index in [0.29, 0.717) is 25.0 Å². The van der Waals surface area contributed by atoms with E-state index in [9.17, 15) is 9.59 Å². The van der Waals surface area contributed by atoms with Gasteiger partial charge in [-0.3, -0.25) is 9.69 Å². The normalized spacial score (nSPS) is 30.2. The van der Waals surface area contributed by atoms with Gasteiger partial charge in [-0.25, -0.2) is 9.78 Å². The highest BCUT2D eigenvalue weighted by atomic mass is 16.6. The number of hydrogen-bond donors (Lipinski definition) is 1. The van der Waals surface area contributed by atoms with E-state index in [0.717, 1.165) is 31.7 Å². The second-order valence-electron chi connectivity index (χ2n) is 7.57. The Morgan fingerprint density at radius 2 is 2.15 bits per heavy atom. The van der Waals surface area contributed by atoms with Gasteiger partial charge >= 0.3 is 6.09 Å². The van der Waals surface area contributed by atoms with Gasteiger partial charge < -0.3 is 19.7 Å². The minimum Gasteiger partial charge on any atom is -0.448 e. The summed E-state index contributed by atoms with van der Waals surface area (Å²) in [6.07, 6.45) is 3.34. The fourth-order valence-corrected chi connectivity index (χ4v) is 4.50. The van der Waals surface area contributed by atoms with Crippen LogP contribution in [0.4, 0.5) is 10.6 Å². The first-order valence-corrected chi connectivity index (χ1v) is 9.54. The highest BCUT2D eigenvalue weighted by molar-refractivity contribution is 5.83. The highest BCUT2D eigenvalue weighted by Crippen LogP contribution is 2.38. The zero-order valence-corrected chi connectivity index (χ0v) is 15.5. The zero-order valence-electron chi connectivity index (χ0n) is 15.5. The molecule has 0 spiro atoms. The first-order chi connectivity index (χ1) is 13.1. The summed E-state index contributed by atoms with van der Waals surface area (Å²) < 4.78 is 10.6. The van der Waals surface area contributed by atoms with Gasteiger partial charge in [-0.2, -0.15) is 0 Å². The van der Waals surface area contributed by atoms with Gasteiger partial charge in [0.25, 0.3) is 0 Å². The van der Waals surface area contributed by atoms with E-state index in [2.05, 4.69) is 10.3 Å². The molecule has 1 N–H and O–H groups in total. The standard InChI is InChI=1S/C19H26N4O4/c1-26-16-9-14-11-23(18(24)12-22-6-7-27-19(22)25)10-13(14)8-15(16)21-17-4-2-3-5-20-17/h2-5,13-16H,6-12H2,1H3,(H,20,21)/t13-,14+,15-,16-/m1/s1. The molecule has 8 heteroatoms. The predicted molar refractivity (Wildman–Crippen MR) is 98.2 cm³/mol. The van der Waals surface area contributed by atoms with E-state index in [1.165, 1.54) is 4.90 Å². The Bertz CT molecular complexity index is 686. The van der Waals surface area contributed by atoms with Crippen LogP contribution < -0.4 is 5.32 Å². The van der Waals surface area contributed by atoms with Gasteiger partial charge in [-0.15, -0.1) is 0 Å². The van der Waals surface area contributed by atoms with Crippen LogP contribution in [0.3, 0.4) is 0 Å². The molecule has 0 radical (unpaired) electrons. The molecule has 3 heterocycles. The summed E-state index contributed by atoms with van der Waals surface area (Å²) in [4.78, 5) is 31.9. The van der Waals surface area contributed by atoms with Crippen molar-refractivity contribution in [2.24, 2.45) is 11.8 Å². The molecule has 1 aromatic heterocycles. The van der Waals surface area contributed by atoms with Crippen molar-refractivity contribution in [3.63, 3.8) is 0 Å². The number of nitrogens with zero attached hydrogens (tertiary/aromatic N) is 3. The number of rotatable bonds is 5. The quantitative estimate of drug-likeness (QED) is 0.834. The molecular weight excluding hydrogens is 348 g/mol. The molecule has 2 aliphatic heterocycles. The topological polar surface area (TPSA) is 84.0 Å². The summed E-state index contributed by atoms with van der Waals surface area (Å²) in [6.45, 7) is 2.45. The van der Waals surface area contributed by atoms with Crippen LogP contribution in [0.25, 0.3) is 0 Å². The number of carbonyl (C=O) groups is 2. The Hall–Kier alpha value is -2.35. The fourth-order valence-electron chi connectivity index (χ4n) is 4.50. The van der Waals surface area contributed by atoms with Crippen LogP contribution in [-0.2, 0) is 14.3 Å². The third-order valence-corrected chi connectivity index (χ3v) is 5.94. The van der Waals surface area contributed by atoms with E-state index >= 15 is 0 Å². The van der Waals surface area contributed by atoms with Gasteiger partial charge in [0, 0.05) is 26.4 Å². The molecule has 1 saturated carbocycles. The predicted octanol–water partition coefficient (Wildman–Crippen LogP) is 1.20. The maximum atomic E-state index is 12.6. The van der Waals surface area contributed by atoms with E-state index in [1.807, 2.05) is 23.1 Å². The Morgan fingerprint density at radius 1 is 1.33 bits per heavy atom. The summed E-state index contributed by atoms with van der Waals surface area (Å²) >= 11 is 0. The maximum absolute atomic E-state index is 12.6. The van der Waals surface area contributed by atoms with Crippen molar-refractivity contribution >= 4 is 17.8 Å². The molecule has 0 unspecified atom stereocenters. The van der Waals surface area contributed by atoms with Gasteiger partial charge in [-0.05, 0) is 36.8 Å². The smallest absolute Gasteiger partial charge is 0.410 e. The number of aromatic nitrogens is 1. The Labute approximate surface area is 158 Å². The lowest BCUT2D eigenvalue weighted by Crippen LogP contribution is -2.44. The molecule has 0 bridgehead atoms. The average Bonchev–Trinajstić information content (AvgIpc) is 3.27. The number of amides is 2. The molecule has 4 atom stereocenters. The molecule has 4 rings (SSSR count). The minimum absolute atomic E-state index is 0.00597. The SMILES string of the molecule is CO[C@@H]1C[C@H]2CN(C(=O)CN3CCOC3=O)C[C@H]2C[C@H]1Nc1ccccn1. The molecule has 1 aromatic rings. The number of ether oxygens (including phenoxy) is 2. The minimum atomic E-state index is -0.390. The van der Waals surface area contributed by atoms with Crippen LogP contribution in [0.1, 0.15) is 12.8 Å². The zero-order chi connectivity index (χ0) is 18.8. The van der Waals surface area contributed by atoms with Crippen LogP contribution in [0.2, 0.25) is 0 Å². The van der Waals surface area contributed by atoms with E-state index in [4.69, 9.17) is 9.47 Å². The number of methoxy groups -OCH3 is 1. The molecule has 8 nitrogen and oxygen atoms in total. The number of hydrogen-bond acceptors (Lipinski definition) is 6. The summed E-state index contributed by atoms with van der Waals surface area (Å²) in [5, 5.41) is 3.49. The van der Waals surface area contributed by atoms with Crippen LogP contribution >= 0.6 is 0 Å². The third kappa shape index (κ3) is 3.85. The van der Waals surface area contributed by atoms with Crippen molar-refractivity contribution in [3.8, 4) is 0 Å². The van der Waals surface area contributed by atoms with Gasteiger partial charge in [0.2, 0.25) is 5.91 Å². The first-order valence-electron chi connectivity index (χ1n) is 9.54. The number of carbonyl (C=O) groups excluding carboxylic acids is 2. The van der Waals surface area contributed by atoms with Gasteiger partial charge in [0.15, 0.2) is 0 Å². The van der Waals surface area contributed by atoms with E-state index in [-0.39, 0.29) is 30.7 Å². The van der Waals surface area contributed by atoms with Crippen LogP contribution in [0.15, 0.2) is 24.4 Å². The Morgan fingerprint density at radius 3 is 2.81 bits per heavy atom. The van der Waals surface area contributed by atoms with E-state index in [1.54, 1.807) is 13.3 Å². The van der Waals surface area contributed by atoms with Gasteiger partial charge in [-0.1, -0.05) is 6.07 Å². The lowest BCUT2D eigenvalue weighted by Gasteiger charge is -2.37. The number of cyclic esters (lactones) is 1. The van der Waals surface area contributed by atoms with Crippen LogP contribution in [-0.4, -0.2) is 78.8 Å². The highest BCUT2D eigenvalue weighted by Gasteiger charge is 2.44. The number of fused-ring (bicyclic) bond motifs is 1. The van der Waals surface area contributed by atoms with Gasteiger partial charge in [0.05, 0.1) is 18.7 Å². The molecular formula is C19H26N4O4. The largest absolute Gasteiger partial charge is 0.448 e. The lowest BCUT2D eigenvalue weighted by atomic mass is 9.77. The Kier molecular flexibility index (Phi) is 5.15. The molecule has 0 aromatic carbocycles. The van der Waals surface area contributed by atoms with Crippen molar-refractivity contribution in [1.29, 1.82) is 0 Å². The Balaban J connectivity index is 1.37. The number of nitrogens with one attached hydrogen (secondary N) is 1. The molecule has 146 valence electrons. The lowest BCUT2D eigenvalue weighted by molar-refractivity contribution is -0.130. The molecule has 1 aliphatic carbocycles. The summed E-state index contributed by atoms with van der Waals surface area (Å²) in [5.74, 6) is 1.73. The molecule has 27 heavy (non-hydrogen) atoms. The number of anilines is 1. The molecule has 2 saturated heterocycles. The van der Waals surface area contributed by atoms with Crippen molar-refractivity contribution in [2.75, 3.05) is 45.2 Å². The summed E-state index contributed by atoms with van der Waals surface area (Å²) in [6, 6.07) is 5.99. The van der Waals surface area contributed by atoms with Crippen molar-refractivity contribution < 1.29 is 19.1 Å². The summed E-state index contributed by atoms with van der Waals surface area (Å²) in [7, 11) is 1.74. The monoisotopic (exact) mass is 374 g/mol. The second kappa shape index (κ2) is 7.72. The molecule has 3 aliphatic rings.